The van der Waals surface area contributed by atoms with Gasteiger partial charge in [0.1, 0.15) is 6.04 Å². The molecule has 2 heterocycles. The number of amidine groups is 1. The molecular formula is C32H40N4O6. The smallest absolute Gasteiger partial charge is 0.338 e. The number of ether oxygens (including phenoxy) is 3. The summed E-state index contributed by atoms with van der Waals surface area (Å²) >= 11 is 0. The number of aryl methyl sites for hydroxylation is 1. The van der Waals surface area contributed by atoms with Crippen molar-refractivity contribution in [3.63, 3.8) is 0 Å². The second kappa shape index (κ2) is 13.7. The zero-order valence-electron chi connectivity index (χ0n) is 25.0. The SMILES string of the molecule is COC(=O)C1=C(C)N=C(OC)N(C(=O)NCCCN2CCC(C(=O)OC)(c3ccccc3)CC2)C1c1cccc(C)c1. The predicted octanol–water partition coefficient (Wildman–Crippen LogP) is 4.11. The first-order chi connectivity index (χ1) is 20.2. The molecule has 1 atom stereocenters. The second-order valence-corrected chi connectivity index (χ2v) is 10.6. The fraction of sp³-hybridized carbons (Fsp3) is 0.438. The number of hydrogen-bond donors (Lipinski definition) is 1. The number of methoxy groups -OCH3 is 3. The molecule has 0 aromatic heterocycles. The third-order valence-corrected chi connectivity index (χ3v) is 8.09. The average Bonchev–Trinajstić information content (AvgIpc) is 3.02. The Balaban J connectivity index is 1.41. The van der Waals surface area contributed by atoms with Crippen LogP contribution in [0.4, 0.5) is 4.79 Å². The number of piperidine rings is 1. The fourth-order valence-electron chi connectivity index (χ4n) is 5.87. The Kier molecular flexibility index (Phi) is 10.0. The number of hydrogen-bond acceptors (Lipinski definition) is 8. The van der Waals surface area contributed by atoms with E-state index in [1.807, 2.05) is 61.5 Å². The van der Waals surface area contributed by atoms with Gasteiger partial charge in [-0.25, -0.2) is 19.5 Å². The first kappa shape index (κ1) is 30.8. The van der Waals surface area contributed by atoms with Gasteiger partial charge in [0.15, 0.2) is 0 Å². The average molecular weight is 577 g/mol. The number of nitrogens with zero attached hydrogens (tertiary/aromatic N) is 3. The number of amides is 2. The molecule has 1 saturated heterocycles. The molecule has 0 saturated carbocycles. The summed E-state index contributed by atoms with van der Waals surface area (Å²) in [6, 6.07) is 16.4. The number of carbonyl (C=O) groups excluding carboxylic acids is 3. The minimum absolute atomic E-state index is 0.0975. The zero-order valence-corrected chi connectivity index (χ0v) is 25.0. The standard InChI is InChI=1S/C32H40N4O6/c1-22-11-9-12-24(21-22)27-26(28(37)40-3)23(2)34-31(42-5)36(27)30(39)33-17-10-18-35-19-15-32(16-20-35,29(38)41-4)25-13-7-6-8-14-25/h6-9,11-14,21,27H,10,15-20H2,1-5H3,(H,33,39). The molecule has 1 unspecified atom stereocenters. The molecule has 0 radical (unpaired) electrons. The van der Waals surface area contributed by atoms with Crippen molar-refractivity contribution in [1.82, 2.24) is 15.1 Å². The number of carbonyl (C=O) groups is 3. The molecule has 0 spiro atoms. The number of esters is 2. The van der Waals surface area contributed by atoms with Crippen molar-refractivity contribution in [1.29, 1.82) is 0 Å². The highest BCUT2D eigenvalue weighted by Gasteiger charge is 2.44. The molecule has 2 aliphatic heterocycles. The summed E-state index contributed by atoms with van der Waals surface area (Å²) in [6.45, 7) is 6.30. The summed E-state index contributed by atoms with van der Waals surface area (Å²) in [5.41, 5.74) is 2.78. The van der Waals surface area contributed by atoms with Gasteiger partial charge in [-0.15, -0.1) is 0 Å². The van der Waals surface area contributed by atoms with Crippen LogP contribution in [0.1, 0.15) is 48.9 Å². The van der Waals surface area contributed by atoms with Gasteiger partial charge in [0, 0.05) is 6.54 Å². The molecular weight excluding hydrogens is 536 g/mol. The zero-order chi connectivity index (χ0) is 30.3. The van der Waals surface area contributed by atoms with Crippen molar-refractivity contribution < 1.29 is 28.6 Å². The highest BCUT2D eigenvalue weighted by atomic mass is 16.5. The molecule has 2 aromatic rings. The third-order valence-electron chi connectivity index (χ3n) is 8.09. The van der Waals surface area contributed by atoms with Crippen molar-refractivity contribution in [2.45, 2.75) is 44.6 Å². The molecule has 1 N–H and O–H groups in total. The Morgan fingerprint density at radius 1 is 0.976 bits per heavy atom. The number of likely N-dealkylation sites (tertiary alicyclic amines) is 1. The quantitative estimate of drug-likeness (QED) is 0.372. The molecule has 0 bridgehead atoms. The van der Waals surface area contributed by atoms with Gasteiger partial charge in [-0.1, -0.05) is 60.2 Å². The van der Waals surface area contributed by atoms with Crippen LogP contribution in [0.5, 0.6) is 0 Å². The van der Waals surface area contributed by atoms with E-state index in [9.17, 15) is 14.4 Å². The highest BCUT2D eigenvalue weighted by molar-refractivity contribution is 6.00. The first-order valence-electron chi connectivity index (χ1n) is 14.2. The topological polar surface area (TPSA) is 110 Å². The Hall–Kier alpha value is -4.18. The van der Waals surface area contributed by atoms with Crippen LogP contribution in [0.15, 0.2) is 70.9 Å². The van der Waals surface area contributed by atoms with Crippen LogP contribution in [0.3, 0.4) is 0 Å². The van der Waals surface area contributed by atoms with Crippen LogP contribution in [0.25, 0.3) is 0 Å². The Bertz CT molecular complexity index is 1350. The molecule has 10 heteroatoms. The van der Waals surface area contributed by atoms with E-state index >= 15 is 0 Å². The molecule has 2 amide bonds. The predicted molar refractivity (Wildman–Crippen MR) is 159 cm³/mol. The van der Waals surface area contributed by atoms with Crippen LogP contribution in [0.2, 0.25) is 0 Å². The van der Waals surface area contributed by atoms with E-state index in [2.05, 4.69) is 15.2 Å². The number of nitrogens with one attached hydrogen (secondary N) is 1. The minimum Gasteiger partial charge on any atom is -0.468 e. The summed E-state index contributed by atoms with van der Waals surface area (Å²) in [5.74, 6) is -0.754. The maximum absolute atomic E-state index is 13.6. The fourth-order valence-corrected chi connectivity index (χ4v) is 5.87. The molecule has 1 fully saturated rings. The van der Waals surface area contributed by atoms with Crippen molar-refractivity contribution >= 4 is 24.0 Å². The van der Waals surface area contributed by atoms with Crippen LogP contribution in [0, 0.1) is 6.92 Å². The lowest BCUT2D eigenvalue weighted by atomic mass is 9.72. The second-order valence-electron chi connectivity index (χ2n) is 10.6. The van der Waals surface area contributed by atoms with E-state index in [1.165, 1.54) is 26.2 Å². The van der Waals surface area contributed by atoms with Crippen LogP contribution in [-0.2, 0) is 29.2 Å². The van der Waals surface area contributed by atoms with Gasteiger partial charge in [0.05, 0.1) is 38.0 Å². The van der Waals surface area contributed by atoms with E-state index in [4.69, 9.17) is 14.2 Å². The van der Waals surface area contributed by atoms with Gasteiger partial charge in [-0.2, -0.15) is 0 Å². The molecule has 224 valence electrons. The van der Waals surface area contributed by atoms with Crippen LogP contribution >= 0.6 is 0 Å². The molecule has 0 aliphatic carbocycles. The van der Waals surface area contributed by atoms with Gasteiger partial charge in [0.2, 0.25) is 0 Å². The van der Waals surface area contributed by atoms with Crippen molar-refractivity contribution in [3.8, 4) is 0 Å². The van der Waals surface area contributed by atoms with E-state index in [0.717, 1.165) is 36.3 Å². The van der Waals surface area contributed by atoms with E-state index < -0.39 is 23.5 Å². The summed E-state index contributed by atoms with van der Waals surface area (Å²) in [4.78, 5) is 47.4. The van der Waals surface area contributed by atoms with Crippen LogP contribution < -0.4 is 5.32 Å². The van der Waals surface area contributed by atoms with Crippen molar-refractivity contribution in [3.05, 3.63) is 82.6 Å². The van der Waals surface area contributed by atoms with Gasteiger partial charge in [0.25, 0.3) is 0 Å². The van der Waals surface area contributed by atoms with Gasteiger partial charge >= 0.3 is 24.0 Å². The minimum atomic E-state index is -0.767. The number of benzene rings is 2. The van der Waals surface area contributed by atoms with Crippen molar-refractivity contribution in [2.24, 2.45) is 4.99 Å². The number of aliphatic imine (C=N–C) groups is 1. The molecule has 4 rings (SSSR count). The van der Waals surface area contributed by atoms with Crippen molar-refractivity contribution in [2.75, 3.05) is 47.5 Å². The van der Waals surface area contributed by atoms with E-state index in [0.29, 0.717) is 31.5 Å². The lowest BCUT2D eigenvalue weighted by Crippen LogP contribution is -2.50. The maximum Gasteiger partial charge on any atom is 0.338 e. The Labute approximate surface area is 247 Å². The Morgan fingerprint density at radius 3 is 2.31 bits per heavy atom. The third kappa shape index (κ3) is 6.33. The van der Waals surface area contributed by atoms with E-state index in [1.54, 1.807) is 6.92 Å². The highest BCUT2D eigenvalue weighted by Crippen LogP contribution is 2.38. The number of urea groups is 1. The normalized spacial score (nSPS) is 18.6. The summed E-state index contributed by atoms with van der Waals surface area (Å²) in [7, 11) is 4.20. The summed E-state index contributed by atoms with van der Waals surface area (Å²) < 4.78 is 15.8. The van der Waals surface area contributed by atoms with Crippen LogP contribution in [-0.4, -0.2) is 81.3 Å². The maximum atomic E-state index is 13.6. The monoisotopic (exact) mass is 576 g/mol. The van der Waals surface area contributed by atoms with Gasteiger partial charge in [-0.05, 0) is 63.9 Å². The van der Waals surface area contributed by atoms with Gasteiger partial charge < -0.3 is 24.4 Å². The number of allylic oxidation sites excluding steroid dienone is 1. The Morgan fingerprint density at radius 2 is 1.69 bits per heavy atom. The molecule has 10 nitrogen and oxygen atoms in total. The van der Waals surface area contributed by atoms with E-state index in [-0.39, 0.29) is 17.6 Å². The molecule has 2 aliphatic rings. The lowest BCUT2D eigenvalue weighted by Gasteiger charge is -2.40. The molecule has 42 heavy (non-hydrogen) atoms. The number of rotatable bonds is 8. The van der Waals surface area contributed by atoms with Gasteiger partial charge in [-0.3, -0.25) is 4.79 Å². The molecule has 2 aromatic carbocycles. The first-order valence-corrected chi connectivity index (χ1v) is 14.2. The lowest BCUT2D eigenvalue weighted by molar-refractivity contribution is -0.149. The largest absolute Gasteiger partial charge is 0.468 e. The summed E-state index contributed by atoms with van der Waals surface area (Å²) in [6.07, 6.45) is 2.03. The summed E-state index contributed by atoms with van der Waals surface area (Å²) in [5, 5.41) is 2.98.